The van der Waals surface area contributed by atoms with Crippen molar-refractivity contribution in [3.8, 4) is 17.3 Å². The number of carboxylic acids is 1. The lowest BCUT2D eigenvalue weighted by atomic mass is 9.84. The number of nitrogens with one attached hydrogen (secondary N) is 1. The van der Waals surface area contributed by atoms with Crippen molar-refractivity contribution in [3.05, 3.63) is 69.7 Å². The maximum atomic E-state index is 11.6. The lowest BCUT2D eigenvalue weighted by Gasteiger charge is -2.20. The predicted molar refractivity (Wildman–Crippen MR) is 144 cm³/mol. The van der Waals surface area contributed by atoms with E-state index in [1.165, 1.54) is 7.11 Å². The van der Waals surface area contributed by atoms with Gasteiger partial charge >= 0.3 is 12.0 Å². The van der Waals surface area contributed by atoms with Crippen molar-refractivity contribution < 1.29 is 19.5 Å². The number of hydrogen-bond donors (Lipinski definition) is 3. The van der Waals surface area contributed by atoms with Crippen LogP contribution in [0.3, 0.4) is 0 Å². The second-order valence-corrected chi connectivity index (χ2v) is 10.9. The van der Waals surface area contributed by atoms with Gasteiger partial charge in [-0.05, 0) is 62.9 Å². The van der Waals surface area contributed by atoms with Crippen molar-refractivity contribution in [2.75, 3.05) is 32.3 Å². The second-order valence-electron chi connectivity index (χ2n) is 8.40. The molecule has 3 rings (SSSR count). The van der Waals surface area contributed by atoms with Crippen LogP contribution in [0.15, 0.2) is 48.5 Å². The smallest absolute Gasteiger partial charge is 0.318 e. The van der Waals surface area contributed by atoms with Crippen LogP contribution in [-0.2, 0) is 16.6 Å². The van der Waals surface area contributed by atoms with Gasteiger partial charge in [-0.15, -0.1) is 0 Å². The number of anilines is 1. The highest BCUT2D eigenvalue weighted by atomic mass is 35.5. The van der Waals surface area contributed by atoms with E-state index >= 15 is 0 Å². The molecule has 10 heteroatoms. The first-order valence-corrected chi connectivity index (χ1v) is 13.7. The van der Waals surface area contributed by atoms with Crippen molar-refractivity contribution in [2.45, 2.75) is 25.7 Å². The highest BCUT2D eigenvalue weighted by Crippen LogP contribution is 2.29. The quantitative estimate of drug-likeness (QED) is 0.297. The molecule has 0 aliphatic carbocycles. The van der Waals surface area contributed by atoms with Gasteiger partial charge in [-0.1, -0.05) is 47.5 Å². The predicted octanol–water partition coefficient (Wildman–Crippen LogP) is 6.11. The largest absolute Gasteiger partial charge is 0.481 e. The fourth-order valence-electron chi connectivity index (χ4n) is 3.00. The summed E-state index contributed by atoms with van der Waals surface area (Å²) in [6, 6.07) is 14.8. The van der Waals surface area contributed by atoms with Gasteiger partial charge in [-0.2, -0.15) is 9.97 Å². The Hall–Kier alpha value is -2.44. The average molecular weight is 538 g/mol. The van der Waals surface area contributed by atoms with E-state index in [9.17, 15) is 9.90 Å². The minimum absolute atomic E-state index is 0.215. The molecule has 0 amide bonds. The number of halogens is 2. The molecule has 0 spiro atoms. The van der Waals surface area contributed by atoms with Gasteiger partial charge in [0.25, 0.3) is 0 Å². The fraction of sp³-hybridized carbons (Fsp3) is 0.320. The summed E-state index contributed by atoms with van der Waals surface area (Å²) in [4.78, 5) is 28.5. The van der Waals surface area contributed by atoms with Crippen LogP contribution in [0.4, 0.5) is 5.82 Å². The summed E-state index contributed by atoms with van der Waals surface area (Å²) in [5.74, 6) is -0.303. The van der Waals surface area contributed by atoms with E-state index in [1.807, 2.05) is 24.3 Å². The molecule has 1 aromatic heterocycles. The van der Waals surface area contributed by atoms with Gasteiger partial charge in [0, 0.05) is 36.4 Å². The number of methoxy groups -OCH3 is 1. The number of carbonyl (C=O) groups is 1. The molecule has 3 N–H and O–H groups in total. The lowest BCUT2D eigenvalue weighted by Crippen LogP contribution is -2.28. The molecule has 2 aromatic carbocycles. The van der Waals surface area contributed by atoms with E-state index in [1.54, 1.807) is 51.4 Å². The fourth-order valence-corrected chi connectivity index (χ4v) is 3.50. The number of aromatic nitrogens is 2. The van der Waals surface area contributed by atoms with E-state index in [0.717, 1.165) is 11.1 Å². The number of carboxylic acid groups (broad SMARTS) is 1. The zero-order valence-corrected chi connectivity index (χ0v) is 22.7. The molecule has 0 aliphatic heterocycles. The number of benzene rings is 2. The minimum Gasteiger partial charge on any atom is -0.481 e. The standard InChI is InChI=1S/C23H23Cl2N3O3.C2H7OP/c1-23(2,21(29)30)16-6-4-5-15(11-16)19-13-20(28-22(27-19)31-3)26-10-9-14-7-8-17(24)12-18(14)25;1-4(2)3/h4-8,11-13H,9-10H2,1-3H3,(H,29,30)(H,26,27,28);3H,1-2H3. The van der Waals surface area contributed by atoms with E-state index in [-0.39, 0.29) is 6.01 Å². The Morgan fingerprint density at radius 3 is 2.40 bits per heavy atom. The highest BCUT2D eigenvalue weighted by Gasteiger charge is 2.29. The highest BCUT2D eigenvalue weighted by molar-refractivity contribution is 7.49. The van der Waals surface area contributed by atoms with E-state index in [2.05, 4.69) is 15.3 Å². The molecule has 188 valence electrons. The van der Waals surface area contributed by atoms with Crippen molar-refractivity contribution in [1.29, 1.82) is 0 Å². The Balaban J connectivity index is 0.00000100. The molecule has 0 bridgehead atoms. The van der Waals surface area contributed by atoms with E-state index < -0.39 is 19.5 Å². The van der Waals surface area contributed by atoms with Gasteiger partial charge in [0.1, 0.15) is 5.82 Å². The first-order chi connectivity index (χ1) is 16.4. The molecule has 0 fully saturated rings. The summed E-state index contributed by atoms with van der Waals surface area (Å²) in [6.45, 7) is 7.51. The first-order valence-electron chi connectivity index (χ1n) is 10.8. The van der Waals surface area contributed by atoms with Gasteiger partial charge in [0.15, 0.2) is 0 Å². The van der Waals surface area contributed by atoms with Crippen molar-refractivity contribution in [1.82, 2.24) is 9.97 Å². The summed E-state index contributed by atoms with van der Waals surface area (Å²) >= 11 is 12.2. The van der Waals surface area contributed by atoms with Crippen LogP contribution in [0.5, 0.6) is 6.01 Å². The molecular formula is C25H30Cl2N3O4P. The number of ether oxygens (including phenoxy) is 1. The zero-order chi connectivity index (χ0) is 26.2. The third kappa shape index (κ3) is 8.62. The number of aliphatic carboxylic acids is 1. The SMILES string of the molecule is COc1nc(NCCc2ccc(Cl)cc2Cl)cc(-c2cccc(C(C)(C)C(=O)O)c2)n1.CP(C)O. The zero-order valence-electron chi connectivity index (χ0n) is 20.3. The molecule has 0 unspecified atom stereocenters. The molecule has 0 saturated carbocycles. The number of nitrogens with zero attached hydrogens (tertiary/aromatic N) is 2. The Bertz CT molecular complexity index is 1160. The van der Waals surface area contributed by atoms with E-state index in [0.29, 0.717) is 40.1 Å². The Kier molecular flexibility index (Phi) is 10.7. The topological polar surface area (TPSA) is 105 Å². The van der Waals surface area contributed by atoms with Crippen molar-refractivity contribution >= 4 is 43.1 Å². The third-order valence-electron chi connectivity index (χ3n) is 5.02. The van der Waals surface area contributed by atoms with Crippen LogP contribution >= 0.6 is 31.4 Å². The second kappa shape index (κ2) is 13.0. The Morgan fingerprint density at radius 1 is 1.11 bits per heavy atom. The van der Waals surface area contributed by atoms with E-state index in [4.69, 9.17) is 32.8 Å². The molecule has 3 aromatic rings. The third-order valence-corrected chi connectivity index (χ3v) is 5.61. The molecule has 35 heavy (non-hydrogen) atoms. The van der Waals surface area contributed by atoms with Crippen LogP contribution < -0.4 is 10.1 Å². The molecule has 0 saturated heterocycles. The summed E-state index contributed by atoms with van der Waals surface area (Å²) in [5, 5.41) is 14.0. The normalized spacial score (nSPS) is 11.0. The maximum Gasteiger partial charge on any atom is 0.318 e. The van der Waals surface area contributed by atoms with Gasteiger partial charge in [-0.25, -0.2) is 0 Å². The van der Waals surface area contributed by atoms with Crippen LogP contribution in [0.2, 0.25) is 10.0 Å². The summed E-state index contributed by atoms with van der Waals surface area (Å²) in [5.41, 5.74) is 2.04. The molecule has 1 heterocycles. The molecule has 0 aliphatic rings. The van der Waals surface area contributed by atoms with Crippen LogP contribution in [0.25, 0.3) is 11.3 Å². The monoisotopic (exact) mass is 537 g/mol. The first kappa shape index (κ1) is 28.8. The molecule has 0 radical (unpaired) electrons. The van der Waals surface area contributed by atoms with Crippen molar-refractivity contribution in [3.63, 3.8) is 0 Å². The van der Waals surface area contributed by atoms with Crippen molar-refractivity contribution in [2.24, 2.45) is 0 Å². The lowest BCUT2D eigenvalue weighted by molar-refractivity contribution is -0.142. The van der Waals surface area contributed by atoms with Gasteiger partial charge in [0.05, 0.1) is 18.2 Å². The summed E-state index contributed by atoms with van der Waals surface area (Å²) < 4.78 is 5.26. The van der Waals surface area contributed by atoms with Crippen LogP contribution in [0, 0.1) is 0 Å². The average Bonchev–Trinajstić information content (AvgIpc) is 2.80. The molecular weight excluding hydrogens is 508 g/mol. The molecule has 7 nitrogen and oxygen atoms in total. The Labute approximate surface area is 217 Å². The van der Waals surface area contributed by atoms with Crippen LogP contribution in [0.1, 0.15) is 25.0 Å². The summed E-state index contributed by atoms with van der Waals surface area (Å²) in [7, 11) is 0.880. The summed E-state index contributed by atoms with van der Waals surface area (Å²) in [6.07, 6.45) is 0.680. The maximum absolute atomic E-state index is 11.6. The van der Waals surface area contributed by atoms with Gasteiger partial charge in [-0.3, -0.25) is 4.79 Å². The molecule has 0 atom stereocenters. The minimum atomic E-state index is -1.02. The van der Waals surface area contributed by atoms with Gasteiger partial charge in [0.2, 0.25) is 0 Å². The number of hydrogen-bond acceptors (Lipinski definition) is 6. The Morgan fingerprint density at radius 2 is 1.80 bits per heavy atom. The van der Waals surface area contributed by atoms with Crippen LogP contribution in [-0.4, -0.2) is 52.9 Å². The van der Waals surface area contributed by atoms with Gasteiger partial charge < -0.3 is 20.1 Å². The number of rotatable bonds is 8.